The molecule has 0 unspecified atom stereocenters. The number of benzene rings is 7. The fourth-order valence-corrected chi connectivity index (χ4v) is 11.2. The average molecular weight is 762 g/mol. The van der Waals surface area contributed by atoms with Crippen molar-refractivity contribution >= 4 is 72.8 Å². The normalized spacial score (nSPS) is 15.5. The summed E-state index contributed by atoms with van der Waals surface area (Å²) < 4.78 is 5.21. The van der Waals surface area contributed by atoms with Gasteiger partial charge in [-0.1, -0.05) is 152 Å². The quantitative estimate of drug-likeness (QED) is 0.160. The van der Waals surface area contributed by atoms with Crippen LogP contribution in [0, 0.1) is 0 Å². The predicted molar refractivity (Wildman–Crippen MR) is 252 cm³/mol. The second kappa shape index (κ2) is 11.5. The number of hydrogen-bond donors (Lipinski definition) is 0. The van der Waals surface area contributed by atoms with Crippen LogP contribution in [0.25, 0.3) is 65.9 Å². The van der Waals surface area contributed by atoms with Gasteiger partial charge in [-0.05, 0) is 98.1 Å². The first-order valence-corrected chi connectivity index (χ1v) is 21.3. The maximum Gasteiger partial charge on any atom is 0.333 e. The van der Waals surface area contributed by atoms with Gasteiger partial charge in [0.25, 0.3) is 0 Å². The number of aromatic nitrogens is 2. The number of para-hydroxylation sites is 3. The number of anilines is 2. The third kappa shape index (κ3) is 4.50. The standard InChI is InChI=1S/C55H48BN3/c1-53(2,3)33-25-27-36(28-26-33)58-46-32-34(54(4,5)6)31-41-37-21-16-22-40-48-45(30-29-44-47(48)39-20-13-15-24-43(39)57(44)35-17-10-9-11-18-35)59(51(37)40)56(49(41)46)50-38-19-12-14-23-42(38)55(7,8)52(50)58/h9-32H,1-8H3. The molecule has 1 aliphatic carbocycles. The van der Waals surface area contributed by atoms with E-state index in [1.54, 1.807) is 0 Å². The second-order valence-electron chi connectivity index (χ2n) is 19.8. The molecular weight excluding hydrogens is 713 g/mol. The van der Waals surface area contributed by atoms with Gasteiger partial charge in [0.2, 0.25) is 0 Å². The Morgan fingerprint density at radius 1 is 0.508 bits per heavy atom. The van der Waals surface area contributed by atoms with Crippen molar-refractivity contribution in [3.05, 3.63) is 174 Å². The minimum atomic E-state index is -0.250. The lowest BCUT2D eigenvalue weighted by atomic mass is 9.43. The fourth-order valence-electron chi connectivity index (χ4n) is 11.2. The van der Waals surface area contributed by atoms with E-state index in [9.17, 15) is 0 Å². The Morgan fingerprint density at radius 3 is 1.92 bits per heavy atom. The van der Waals surface area contributed by atoms with Gasteiger partial charge >= 0.3 is 6.85 Å². The van der Waals surface area contributed by atoms with Crippen molar-refractivity contribution in [1.82, 2.24) is 9.05 Å². The Hall–Kier alpha value is -6.26. The van der Waals surface area contributed by atoms with Gasteiger partial charge < -0.3 is 13.9 Å². The van der Waals surface area contributed by atoms with Crippen LogP contribution in [0.4, 0.5) is 11.4 Å². The molecule has 0 amide bonds. The maximum atomic E-state index is 2.75. The molecule has 2 aromatic heterocycles. The third-order valence-electron chi connectivity index (χ3n) is 13.9. The van der Waals surface area contributed by atoms with E-state index in [1.165, 1.54) is 111 Å². The van der Waals surface area contributed by atoms with E-state index >= 15 is 0 Å². The second-order valence-corrected chi connectivity index (χ2v) is 19.8. The average Bonchev–Trinajstić information content (AvgIpc) is 3.83. The van der Waals surface area contributed by atoms with E-state index in [1.807, 2.05) is 0 Å². The summed E-state index contributed by atoms with van der Waals surface area (Å²) >= 11 is 0. The van der Waals surface area contributed by atoms with Crippen LogP contribution < -0.4 is 10.4 Å². The summed E-state index contributed by atoms with van der Waals surface area (Å²) in [5, 5.41) is 5.26. The highest BCUT2D eigenvalue weighted by Crippen LogP contribution is 2.57. The Labute approximate surface area is 347 Å². The molecule has 0 atom stereocenters. The Kier molecular flexibility index (Phi) is 6.76. The first-order valence-electron chi connectivity index (χ1n) is 21.3. The molecular formula is C55H48BN3. The van der Waals surface area contributed by atoms with Crippen LogP contribution in [0.2, 0.25) is 0 Å². The van der Waals surface area contributed by atoms with Gasteiger partial charge in [0.15, 0.2) is 0 Å². The molecule has 0 bridgehead atoms. The third-order valence-corrected chi connectivity index (χ3v) is 13.9. The van der Waals surface area contributed by atoms with E-state index in [0.717, 1.165) is 0 Å². The van der Waals surface area contributed by atoms with Crippen LogP contribution >= 0.6 is 0 Å². The zero-order valence-electron chi connectivity index (χ0n) is 35.3. The zero-order chi connectivity index (χ0) is 40.3. The topological polar surface area (TPSA) is 13.1 Å². The lowest BCUT2D eigenvalue weighted by molar-refractivity contribution is 0.589. The van der Waals surface area contributed by atoms with Gasteiger partial charge in [-0.3, -0.25) is 0 Å². The molecule has 286 valence electrons. The van der Waals surface area contributed by atoms with Crippen LogP contribution in [0.15, 0.2) is 151 Å². The van der Waals surface area contributed by atoms with Crippen LogP contribution in [-0.4, -0.2) is 15.9 Å². The summed E-state index contributed by atoms with van der Waals surface area (Å²) in [7, 11) is 0. The minimum absolute atomic E-state index is 0.0214. The summed E-state index contributed by atoms with van der Waals surface area (Å²) in [6.07, 6.45) is 0. The SMILES string of the molecule is CC(C)(C)c1ccc(N2C3=C(B4c5c(cc(C(C)(C)C)cc52)-c2cccc5c6c7c8ccccc8n(-c8ccccc8)c7ccc6n4c25)c2ccccc2C3(C)C)cc1. The maximum absolute atomic E-state index is 2.75. The number of nitrogens with zero attached hydrogens (tertiary/aromatic N) is 3. The molecule has 9 aromatic rings. The van der Waals surface area contributed by atoms with E-state index < -0.39 is 0 Å². The summed E-state index contributed by atoms with van der Waals surface area (Å²) in [6, 6.07) is 55.5. The minimum Gasteiger partial charge on any atom is -0.375 e. The number of hydrogen-bond acceptors (Lipinski definition) is 1. The van der Waals surface area contributed by atoms with Crippen molar-refractivity contribution < 1.29 is 0 Å². The van der Waals surface area contributed by atoms with Crippen LogP contribution in [0.5, 0.6) is 0 Å². The number of allylic oxidation sites excluding steroid dienone is 1. The van der Waals surface area contributed by atoms with Gasteiger partial charge in [0.1, 0.15) is 0 Å². The lowest BCUT2D eigenvalue weighted by Crippen LogP contribution is -2.50. The molecule has 3 nitrogen and oxygen atoms in total. The molecule has 0 saturated carbocycles. The van der Waals surface area contributed by atoms with Crippen molar-refractivity contribution in [1.29, 1.82) is 0 Å². The van der Waals surface area contributed by atoms with Gasteiger partial charge in [-0.15, -0.1) is 0 Å². The van der Waals surface area contributed by atoms with Crippen molar-refractivity contribution in [2.24, 2.45) is 0 Å². The van der Waals surface area contributed by atoms with E-state index in [0.29, 0.717) is 0 Å². The summed E-state index contributed by atoms with van der Waals surface area (Å²) in [4.78, 5) is 2.66. The van der Waals surface area contributed by atoms with E-state index in [4.69, 9.17) is 0 Å². The van der Waals surface area contributed by atoms with Crippen LogP contribution in [0.3, 0.4) is 0 Å². The Morgan fingerprint density at radius 2 is 1.15 bits per heavy atom. The van der Waals surface area contributed by atoms with Crippen LogP contribution in [-0.2, 0) is 16.2 Å². The molecule has 0 radical (unpaired) electrons. The van der Waals surface area contributed by atoms with Crippen LogP contribution in [0.1, 0.15) is 77.6 Å². The first-order chi connectivity index (χ1) is 28.3. The number of rotatable bonds is 2. The highest BCUT2D eigenvalue weighted by atomic mass is 15.2. The van der Waals surface area contributed by atoms with Gasteiger partial charge in [0.05, 0.1) is 11.0 Å². The lowest BCUT2D eigenvalue weighted by Gasteiger charge is -2.44. The molecule has 2 aliphatic heterocycles. The Balaban J connectivity index is 1.26. The summed E-state index contributed by atoms with van der Waals surface area (Å²) in [6.45, 7) is 18.9. The molecule has 0 N–H and O–H groups in total. The molecule has 4 heterocycles. The largest absolute Gasteiger partial charge is 0.375 e. The highest BCUT2D eigenvalue weighted by molar-refractivity contribution is 6.93. The first kappa shape index (κ1) is 34.8. The van der Waals surface area contributed by atoms with Gasteiger partial charge in [-0.25, -0.2) is 0 Å². The molecule has 0 saturated heterocycles. The van der Waals surface area contributed by atoms with Crippen molar-refractivity contribution in [2.75, 3.05) is 4.90 Å². The van der Waals surface area contributed by atoms with E-state index in [2.05, 4.69) is 215 Å². The zero-order valence-corrected chi connectivity index (χ0v) is 35.3. The molecule has 7 aromatic carbocycles. The smallest absolute Gasteiger partial charge is 0.333 e. The Bertz CT molecular complexity index is 3310. The molecule has 12 rings (SSSR count). The van der Waals surface area contributed by atoms with Crippen molar-refractivity contribution in [2.45, 2.75) is 71.6 Å². The molecule has 4 heteroatoms. The summed E-state index contributed by atoms with van der Waals surface area (Å²) in [5.74, 6) is 0. The summed E-state index contributed by atoms with van der Waals surface area (Å²) in [5.41, 5.74) is 20.9. The number of fused-ring (bicyclic) bond motifs is 12. The van der Waals surface area contributed by atoms with Gasteiger partial charge in [0, 0.05) is 66.3 Å². The van der Waals surface area contributed by atoms with E-state index in [-0.39, 0.29) is 23.1 Å². The highest BCUT2D eigenvalue weighted by Gasteiger charge is 2.52. The molecule has 59 heavy (non-hydrogen) atoms. The monoisotopic (exact) mass is 761 g/mol. The molecule has 0 spiro atoms. The fraction of sp³-hybridized carbons (Fsp3) is 0.200. The molecule has 0 fully saturated rings. The van der Waals surface area contributed by atoms with Crippen molar-refractivity contribution in [3.63, 3.8) is 0 Å². The molecule has 3 aliphatic rings. The van der Waals surface area contributed by atoms with Gasteiger partial charge in [-0.2, -0.15) is 0 Å². The van der Waals surface area contributed by atoms with Crippen molar-refractivity contribution in [3.8, 4) is 16.8 Å². The predicted octanol–water partition coefficient (Wildman–Crippen LogP) is 13.6.